The number of hydrogen-bond acceptors (Lipinski definition) is 2. The maximum Gasteiger partial charge on any atom is 0.161 e. The summed E-state index contributed by atoms with van der Waals surface area (Å²) in [6, 6.07) is 0. The lowest BCUT2D eigenvalue weighted by Crippen LogP contribution is -2.14. The van der Waals surface area contributed by atoms with E-state index in [2.05, 4.69) is 31.0 Å². The zero-order valence-corrected chi connectivity index (χ0v) is 8.42. The largest absolute Gasteiger partial charge is 0.487 e. The first-order valence-electron chi connectivity index (χ1n) is 4.78. The fourth-order valence-corrected chi connectivity index (χ4v) is 1.27. The summed E-state index contributed by atoms with van der Waals surface area (Å²) in [6.07, 6.45) is 4.60. The van der Waals surface area contributed by atoms with Crippen molar-refractivity contribution in [2.75, 3.05) is 0 Å². The standard InChI is InChI=1S/C10H16N2O/c1-10(2,3)9-8(6-11-12-9)13-7-4-5-7/h6-7H,4-5H2,1-3H3,(H,11,12). The SMILES string of the molecule is CC(C)(C)c1[nH]ncc1OC1CC1. The number of ether oxygens (including phenoxy) is 1. The zero-order valence-electron chi connectivity index (χ0n) is 8.42. The Bertz CT molecular complexity index is 294. The first-order chi connectivity index (χ1) is 6.07. The highest BCUT2D eigenvalue weighted by Gasteiger charge is 2.28. The Balaban J connectivity index is 2.19. The van der Waals surface area contributed by atoms with E-state index in [1.165, 1.54) is 12.8 Å². The molecule has 1 heterocycles. The van der Waals surface area contributed by atoms with Crippen LogP contribution < -0.4 is 4.74 Å². The maximum atomic E-state index is 5.73. The molecule has 0 atom stereocenters. The van der Waals surface area contributed by atoms with E-state index in [-0.39, 0.29) is 5.41 Å². The number of nitrogens with zero attached hydrogens (tertiary/aromatic N) is 1. The van der Waals surface area contributed by atoms with Gasteiger partial charge < -0.3 is 4.74 Å². The molecule has 0 bridgehead atoms. The van der Waals surface area contributed by atoms with Crippen LogP contribution >= 0.6 is 0 Å². The van der Waals surface area contributed by atoms with Crippen LogP contribution in [0.5, 0.6) is 5.75 Å². The summed E-state index contributed by atoms with van der Waals surface area (Å²) in [7, 11) is 0. The number of aromatic nitrogens is 2. The lowest BCUT2D eigenvalue weighted by molar-refractivity contribution is 0.294. The highest BCUT2D eigenvalue weighted by Crippen LogP contribution is 2.33. The Labute approximate surface area is 78.5 Å². The maximum absolute atomic E-state index is 5.73. The molecule has 1 N–H and O–H groups in total. The van der Waals surface area contributed by atoms with Gasteiger partial charge in [0.25, 0.3) is 0 Å². The summed E-state index contributed by atoms with van der Waals surface area (Å²) in [5.74, 6) is 0.926. The first-order valence-corrected chi connectivity index (χ1v) is 4.78. The molecule has 0 aliphatic heterocycles. The zero-order chi connectivity index (χ0) is 9.47. The van der Waals surface area contributed by atoms with Gasteiger partial charge in [-0.3, -0.25) is 5.10 Å². The second-order valence-electron chi connectivity index (χ2n) is 4.68. The third-order valence-electron chi connectivity index (χ3n) is 2.17. The van der Waals surface area contributed by atoms with E-state index >= 15 is 0 Å². The van der Waals surface area contributed by atoms with Gasteiger partial charge in [0.1, 0.15) is 0 Å². The number of hydrogen-bond donors (Lipinski definition) is 1. The lowest BCUT2D eigenvalue weighted by atomic mass is 9.92. The van der Waals surface area contributed by atoms with Crippen LogP contribution in [0.4, 0.5) is 0 Å². The quantitative estimate of drug-likeness (QED) is 0.758. The Morgan fingerprint density at radius 3 is 2.69 bits per heavy atom. The fraction of sp³-hybridized carbons (Fsp3) is 0.700. The van der Waals surface area contributed by atoms with Gasteiger partial charge in [-0.1, -0.05) is 20.8 Å². The van der Waals surface area contributed by atoms with Crippen LogP contribution in [0.15, 0.2) is 6.20 Å². The fourth-order valence-electron chi connectivity index (χ4n) is 1.27. The molecule has 3 heteroatoms. The van der Waals surface area contributed by atoms with E-state index in [1.807, 2.05) is 0 Å². The highest BCUT2D eigenvalue weighted by molar-refractivity contribution is 5.30. The van der Waals surface area contributed by atoms with Gasteiger partial charge in [-0.15, -0.1) is 0 Å². The van der Waals surface area contributed by atoms with E-state index in [0.29, 0.717) is 6.10 Å². The minimum absolute atomic E-state index is 0.0841. The van der Waals surface area contributed by atoms with Crippen molar-refractivity contribution in [3.63, 3.8) is 0 Å². The first kappa shape index (κ1) is 8.60. The number of H-pyrrole nitrogens is 1. The molecule has 1 aromatic heterocycles. The molecule has 1 aromatic rings. The van der Waals surface area contributed by atoms with Crippen LogP contribution in [-0.2, 0) is 5.41 Å². The van der Waals surface area contributed by atoms with Crippen LogP contribution in [0.25, 0.3) is 0 Å². The van der Waals surface area contributed by atoms with Crippen molar-refractivity contribution in [2.24, 2.45) is 0 Å². The Hall–Kier alpha value is -0.990. The second kappa shape index (κ2) is 2.76. The summed E-state index contributed by atoms with van der Waals surface area (Å²) >= 11 is 0. The highest BCUT2D eigenvalue weighted by atomic mass is 16.5. The van der Waals surface area contributed by atoms with Gasteiger partial charge in [0.15, 0.2) is 5.75 Å². The van der Waals surface area contributed by atoms with Crippen LogP contribution in [0.3, 0.4) is 0 Å². The van der Waals surface area contributed by atoms with Gasteiger partial charge in [-0.05, 0) is 12.8 Å². The second-order valence-corrected chi connectivity index (χ2v) is 4.68. The predicted octanol–water partition coefficient (Wildman–Crippen LogP) is 2.25. The van der Waals surface area contributed by atoms with Crippen LogP contribution in [0.1, 0.15) is 39.3 Å². The van der Waals surface area contributed by atoms with Gasteiger partial charge >= 0.3 is 0 Å². The van der Waals surface area contributed by atoms with Crippen molar-refractivity contribution in [1.82, 2.24) is 10.2 Å². The smallest absolute Gasteiger partial charge is 0.161 e. The van der Waals surface area contributed by atoms with E-state index in [9.17, 15) is 0 Å². The Morgan fingerprint density at radius 2 is 2.15 bits per heavy atom. The molecule has 0 spiro atoms. The Morgan fingerprint density at radius 1 is 1.46 bits per heavy atom. The molecular formula is C10H16N2O. The molecule has 0 unspecified atom stereocenters. The molecule has 2 rings (SSSR count). The molecule has 1 aliphatic rings. The monoisotopic (exact) mass is 180 g/mol. The van der Waals surface area contributed by atoms with E-state index in [1.54, 1.807) is 6.20 Å². The van der Waals surface area contributed by atoms with E-state index in [0.717, 1.165) is 11.4 Å². The minimum atomic E-state index is 0.0841. The average Bonchev–Trinajstić information content (AvgIpc) is 2.63. The van der Waals surface area contributed by atoms with Crippen molar-refractivity contribution in [2.45, 2.75) is 45.1 Å². The molecule has 1 fully saturated rings. The molecular weight excluding hydrogens is 164 g/mol. The van der Waals surface area contributed by atoms with Crippen LogP contribution in [0.2, 0.25) is 0 Å². The van der Waals surface area contributed by atoms with Crippen molar-refractivity contribution >= 4 is 0 Å². The van der Waals surface area contributed by atoms with Gasteiger partial charge in [-0.25, -0.2) is 0 Å². The van der Waals surface area contributed by atoms with Gasteiger partial charge in [-0.2, -0.15) is 5.10 Å². The molecule has 1 saturated carbocycles. The molecule has 0 amide bonds. The number of aromatic amines is 1. The van der Waals surface area contributed by atoms with Gasteiger partial charge in [0.05, 0.1) is 18.0 Å². The lowest BCUT2D eigenvalue weighted by Gasteiger charge is -2.18. The van der Waals surface area contributed by atoms with E-state index < -0.39 is 0 Å². The molecule has 0 aromatic carbocycles. The normalized spacial score (nSPS) is 17.5. The minimum Gasteiger partial charge on any atom is -0.487 e. The van der Waals surface area contributed by atoms with Crippen molar-refractivity contribution in [3.8, 4) is 5.75 Å². The van der Waals surface area contributed by atoms with Crippen molar-refractivity contribution in [1.29, 1.82) is 0 Å². The van der Waals surface area contributed by atoms with Crippen molar-refractivity contribution < 1.29 is 4.74 Å². The molecule has 0 saturated heterocycles. The topological polar surface area (TPSA) is 37.9 Å². The molecule has 0 radical (unpaired) electrons. The Kier molecular flexibility index (Phi) is 1.82. The summed E-state index contributed by atoms with van der Waals surface area (Å²) in [5, 5.41) is 7.02. The number of rotatable bonds is 2. The average molecular weight is 180 g/mol. The van der Waals surface area contributed by atoms with E-state index in [4.69, 9.17) is 4.74 Å². The van der Waals surface area contributed by atoms with Crippen LogP contribution in [-0.4, -0.2) is 16.3 Å². The van der Waals surface area contributed by atoms with Gasteiger partial charge in [0.2, 0.25) is 0 Å². The third kappa shape index (κ3) is 1.85. The summed E-state index contributed by atoms with van der Waals surface area (Å²) < 4.78 is 5.73. The van der Waals surface area contributed by atoms with Crippen molar-refractivity contribution in [3.05, 3.63) is 11.9 Å². The molecule has 72 valence electrons. The summed E-state index contributed by atoms with van der Waals surface area (Å²) in [6.45, 7) is 6.46. The predicted molar refractivity (Wildman–Crippen MR) is 50.9 cm³/mol. The number of nitrogens with one attached hydrogen (secondary N) is 1. The van der Waals surface area contributed by atoms with Gasteiger partial charge in [0, 0.05) is 5.41 Å². The molecule has 1 aliphatic carbocycles. The summed E-state index contributed by atoms with van der Waals surface area (Å²) in [5.41, 5.74) is 1.18. The third-order valence-corrected chi connectivity index (χ3v) is 2.17. The summed E-state index contributed by atoms with van der Waals surface area (Å²) in [4.78, 5) is 0. The molecule has 13 heavy (non-hydrogen) atoms. The molecule has 3 nitrogen and oxygen atoms in total. The van der Waals surface area contributed by atoms with Crippen LogP contribution in [0, 0.1) is 0 Å².